The molecular weight excluding hydrogens is 473 g/mol. The van der Waals surface area contributed by atoms with Gasteiger partial charge in [0.05, 0.1) is 5.75 Å². The topological polar surface area (TPSA) is 68.0 Å². The van der Waals surface area contributed by atoms with Crippen LogP contribution in [0.15, 0.2) is 76.4 Å². The summed E-state index contributed by atoms with van der Waals surface area (Å²) in [6.45, 7) is 0. The number of amides is 1. The zero-order chi connectivity index (χ0) is 18.6. The van der Waals surface area contributed by atoms with Gasteiger partial charge in [0.1, 0.15) is 0 Å². The number of carbonyl (C=O) groups is 1. The summed E-state index contributed by atoms with van der Waals surface area (Å²) in [4.78, 5) is 12.3. The summed E-state index contributed by atoms with van der Waals surface area (Å²) in [6, 6.07) is 21.6. The van der Waals surface area contributed by atoms with Crippen molar-refractivity contribution >= 4 is 56.7 Å². The lowest BCUT2D eigenvalue weighted by Crippen LogP contribution is -2.14. The van der Waals surface area contributed by atoms with Crippen molar-refractivity contribution in [2.45, 2.75) is 5.22 Å². The number of halogens is 1. The summed E-state index contributed by atoms with van der Waals surface area (Å²) < 4.78 is 6.77. The van der Waals surface area contributed by atoms with Gasteiger partial charge < -0.3 is 9.73 Å². The zero-order valence-corrected chi connectivity index (χ0v) is 17.0. The van der Waals surface area contributed by atoms with Crippen molar-refractivity contribution in [3.05, 3.63) is 70.3 Å². The van der Waals surface area contributed by atoms with E-state index in [1.165, 1.54) is 11.8 Å². The van der Waals surface area contributed by atoms with Crippen molar-refractivity contribution in [2.24, 2.45) is 0 Å². The number of anilines is 1. The minimum atomic E-state index is -0.120. The number of rotatable bonds is 5. The maximum Gasteiger partial charge on any atom is 0.277 e. The van der Waals surface area contributed by atoms with E-state index in [1.807, 2.05) is 66.7 Å². The SMILES string of the molecule is O=C(CSc1nnc(-c2ccc(I)cc2)o1)Nc1cccc2ccccc12. The Balaban J connectivity index is 1.40. The van der Waals surface area contributed by atoms with Gasteiger partial charge >= 0.3 is 0 Å². The normalized spacial score (nSPS) is 10.9. The first-order valence-corrected chi connectivity index (χ1v) is 10.3. The third-order valence-corrected chi connectivity index (χ3v) is 5.43. The van der Waals surface area contributed by atoms with E-state index in [1.54, 1.807) is 0 Å². The number of aromatic nitrogens is 2. The summed E-state index contributed by atoms with van der Waals surface area (Å²) in [5.74, 6) is 0.520. The fourth-order valence-corrected chi connectivity index (χ4v) is 3.55. The highest BCUT2D eigenvalue weighted by Gasteiger charge is 2.12. The van der Waals surface area contributed by atoms with Gasteiger partial charge in [0, 0.05) is 20.2 Å². The van der Waals surface area contributed by atoms with Crippen LogP contribution in [0.2, 0.25) is 0 Å². The van der Waals surface area contributed by atoms with E-state index < -0.39 is 0 Å². The summed E-state index contributed by atoms with van der Waals surface area (Å²) >= 11 is 3.46. The van der Waals surface area contributed by atoms with Gasteiger partial charge in [-0.15, -0.1) is 10.2 Å². The molecule has 5 nitrogen and oxygen atoms in total. The molecule has 0 fully saturated rings. The van der Waals surface area contributed by atoms with Crippen LogP contribution in [0, 0.1) is 3.57 Å². The van der Waals surface area contributed by atoms with Crippen LogP contribution in [-0.4, -0.2) is 21.9 Å². The molecule has 4 aromatic rings. The van der Waals surface area contributed by atoms with Gasteiger partial charge in [-0.05, 0) is 58.3 Å². The Kier molecular flexibility index (Phi) is 5.40. The van der Waals surface area contributed by atoms with Crippen LogP contribution >= 0.6 is 34.4 Å². The van der Waals surface area contributed by atoms with Gasteiger partial charge in [-0.1, -0.05) is 48.2 Å². The van der Waals surface area contributed by atoms with Gasteiger partial charge in [-0.3, -0.25) is 4.79 Å². The summed E-state index contributed by atoms with van der Waals surface area (Å²) in [7, 11) is 0. The van der Waals surface area contributed by atoms with Crippen LogP contribution in [0.3, 0.4) is 0 Å². The first-order valence-electron chi connectivity index (χ1n) is 8.19. The van der Waals surface area contributed by atoms with Crippen molar-refractivity contribution in [2.75, 3.05) is 11.1 Å². The highest BCUT2D eigenvalue weighted by Crippen LogP contribution is 2.25. The molecule has 0 spiro atoms. The van der Waals surface area contributed by atoms with Crippen LogP contribution in [0.1, 0.15) is 0 Å². The van der Waals surface area contributed by atoms with Crippen molar-refractivity contribution in [1.29, 1.82) is 0 Å². The first-order chi connectivity index (χ1) is 13.2. The van der Waals surface area contributed by atoms with E-state index in [0.29, 0.717) is 11.1 Å². The number of hydrogen-bond donors (Lipinski definition) is 1. The minimum Gasteiger partial charge on any atom is -0.411 e. The summed E-state index contributed by atoms with van der Waals surface area (Å²) in [5.41, 5.74) is 1.65. The fraction of sp³-hybridized carbons (Fsp3) is 0.0500. The van der Waals surface area contributed by atoms with Crippen LogP contribution in [0.25, 0.3) is 22.2 Å². The quantitative estimate of drug-likeness (QED) is 0.309. The van der Waals surface area contributed by atoms with Crippen molar-refractivity contribution in [3.63, 3.8) is 0 Å². The maximum atomic E-state index is 12.3. The number of hydrogen-bond acceptors (Lipinski definition) is 5. The number of benzene rings is 3. The van der Waals surface area contributed by atoms with E-state index in [4.69, 9.17) is 4.42 Å². The molecule has 7 heteroatoms. The van der Waals surface area contributed by atoms with E-state index in [-0.39, 0.29) is 11.7 Å². The average Bonchev–Trinajstić information content (AvgIpc) is 3.16. The van der Waals surface area contributed by atoms with Gasteiger partial charge in [0.25, 0.3) is 5.22 Å². The zero-order valence-electron chi connectivity index (χ0n) is 14.1. The second kappa shape index (κ2) is 8.10. The van der Waals surface area contributed by atoms with Crippen molar-refractivity contribution < 1.29 is 9.21 Å². The second-order valence-corrected chi connectivity index (χ2v) is 7.92. The molecule has 0 saturated heterocycles. The monoisotopic (exact) mass is 487 g/mol. The standard InChI is InChI=1S/C20H14IN3O2S/c21-15-10-8-14(9-11-15)19-23-24-20(26-19)27-12-18(25)22-17-7-3-5-13-4-1-2-6-16(13)17/h1-11H,12H2,(H,22,25). The molecule has 1 heterocycles. The molecule has 1 N–H and O–H groups in total. The first kappa shape index (κ1) is 18.0. The van der Waals surface area contributed by atoms with Crippen LogP contribution in [0.5, 0.6) is 0 Å². The molecule has 0 bridgehead atoms. The molecule has 27 heavy (non-hydrogen) atoms. The summed E-state index contributed by atoms with van der Waals surface area (Å²) in [6.07, 6.45) is 0. The average molecular weight is 487 g/mol. The Morgan fingerprint density at radius 2 is 1.78 bits per heavy atom. The van der Waals surface area contributed by atoms with Crippen LogP contribution in [0.4, 0.5) is 5.69 Å². The molecule has 0 saturated carbocycles. The number of carbonyl (C=O) groups excluding carboxylic acids is 1. The Morgan fingerprint density at radius 1 is 1.00 bits per heavy atom. The molecular formula is C20H14IN3O2S. The van der Waals surface area contributed by atoms with Crippen LogP contribution < -0.4 is 5.32 Å². The third kappa shape index (κ3) is 4.30. The van der Waals surface area contributed by atoms with E-state index in [0.717, 1.165) is 25.6 Å². The number of thioether (sulfide) groups is 1. The molecule has 0 unspecified atom stereocenters. The Morgan fingerprint density at radius 3 is 2.63 bits per heavy atom. The third-order valence-electron chi connectivity index (χ3n) is 3.89. The lowest BCUT2D eigenvalue weighted by molar-refractivity contribution is -0.113. The van der Waals surface area contributed by atoms with Crippen molar-refractivity contribution in [1.82, 2.24) is 10.2 Å². The molecule has 0 aliphatic heterocycles. The number of fused-ring (bicyclic) bond motifs is 1. The molecule has 1 amide bonds. The Hall–Kier alpha value is -2.39. The molecule has 0 radical (unpaired) electrons. The minimum absolute atomic E-state index is 0.120. The highest BCUT2D eigenvalue weighted by atomic mass is 127. The number of nitrogens with one attached hydrogen (secondary N) is 1. The summed E-state index contributed by atoms with van der Waals surface area (Å²) in [5, 5.41) is 13.5. The molecule has 0 atom stereocenters. The molecule has 1 aromatic heterocycles. The largest absolute Gasteiger partial charge is 0.411 e. The van der Waals surface area contributed by atoms with Crippen LogP contribution in [-0.2, 0) is 4.79 Å². The molecule has 0 aliphatic rings. The van der Waals surface area contributed by atoms with E-state index >= 15 is 0 Å². The van der Waals surface area contributed by atoms with Gasteiger partial charge in [-0.2, -0.15) is 0 Å². The second-order valence-electron chi connectivity index (χ2n) is 5.74. The molecule has 0 aliphatic carbocycles. The fourth-order valence-electron chi connectivity index (χ4n) is 2.63. The smallest absolute Gasteiger partial charge is 0.277 e. The highest BCUT2D eigenvalue weighted by molar-refractivity contribution is 14.1. The Labute approximate surface area is 173 Å². The molecule has 134 valence electrons. The van der Waals surface area contributed by atoms with E-state index in [9.17, 15) is 4.79 Å². The lowest BCUT2D eigenvalue weighted by atomic mass is 10.1. The Bertz CT molecular complexity index is 1090. The van der Waals surface area contributed by atoms with Gasteiger partial charge in [0.15, 0.2) is 0 Å². The predicted octanol–water partition coefficient (Wildman–Crippen LogP) is 5.23. The van der Waals surface area contributed by atoms with Gasteiger partial charge in [-0.25, -0.2) is 0 Å². The number of nitrogens with zero attached hydrogens (tertiary/aromatic N) is 2. The van der Waals surface area contributed by atoms with Gasteiger partial charge in [0.2, 0.25) is 11.8 Å². The van der Waals surface area contributed by atoms with E-state index in [2.05, 4.69) is 38.1 Å². The maximum absolute atomic E-state index is 12.3. The van der Waals surface area contributed by atoms with Crippen molar-refractivity contribution in [3.8, 4) is 11.5 Å². The molecule has 3 aromatic carbocycles. The lowest BCUT2D eigenvalue weighted by Gasteiger charge is -2.07. The molecule has 4 rings (SSSR count). The predicted molar refractivity (Wildman–Crippen MR) is 116 cm³/mol.